The molecule has 0 saturated carbocycles. The monoisotopic (exact) mass is 198 g/mol. The minimum Gasteiger partial charge on any atom is -0.377 e. The van der Waals surface area contributed by atoms with Crippen LogP contribution in [0.2, 0.25) is 0 Å². The second-order valence-electron chi connectivity index (χ2n) is 4.02. The Hall–Kier alpha value is -1.70. The van der Waals surface area contributed by atoms with E-state index in [0.29, 0.717) is 6.04 Å². The third-order valence-corrected chi connectivity index (χ3v) is 3.05. The van der Waals surface area contributed by atoms with E-state index in [0.717, 1.165) is 12.8 Å². The Morgan fingerprint density at radius 3 is 2.87 bits per heavy atom. The van der Waals surface area contributed by atoms with Gasteiger partial charge < -0.3 is 10.3 Å². The molecule has 1 atom stereocenters. The van der Waals surface area contributed by atoms with Gasteiger partial charge in [0.25, 0.3) is 0 Å². The Morgan fingerprint density at radius 1 is 1.07 bits per heavy atom. The predicted octanol–water partition coefficient (Wildman–Crippen LogP) is 3.11. The molecule has 1 aromatic heterocycles. The maximum absolute atomic E-state index is 3.57. The number of para-hydroxylation sites is 1. The number of aromatic amines is 1. The van der Waals surface area contributed by atoms with Gasteiger partial charge in [-0.1, -0.05) is 18.2 Å². The van der Waals surface area contributed by atoms with Crippen molar-refractivity contribution in [2.75, 3.05) is 5.32 Å². The highest BCUT2D eigenvalue weighted by Gasteiger charge is 2.18. The van der Waals surface area contributed by atoms with Crippen molar-refractivity contribution in [1.29, 1.82) is 0 Å². The number of nitrogens with one attached hydrogen (secondary N) is 2. The molecule has 0 bridgehead atoms. The van der Waals surface area contributed by atoms with E-state index in [4.69, 9.17) is 0 Å². The van der Waals surface area contributed by atoms with Crippen LogP contribution in [0.4, 0.5) is 5.69 Å². The molecule has 1 unspecified atom stereocenters. The molecule has 0 radical (unpaired) electrons. The van der Waals surface area contributed by atoms with Gasteiger partial charge in [0.15, 0.2) is 0 Å². The summed E-state index contributed by atoms with van der Waals surface area (Å²) < 4.78 is 0. The maximum atomic E-state index is 3.57. The SMILES string of the molecule is c1c[nH]c(C2CCc3ccccc3N2)c1. The average Bonchev–Trinajstić information content (AvgIpc) is 2.82. The fourth-order valence-electron chi connectivity index (χ4n) is 2.23. The van der Waals surface area contributed by atoms with E-state index in [-0.39, 0.29) is 0 Å². The molecule has 2 N–H and O–H groups in total. The van der Waals surface area contributed by atoms with Crippen LogP contribution in [0.1, 0.15) is 23.7 Å². The van der Waals surface area contributed by atoms with Gasteiger partial charge >= 0.3 is 0 Å². The summed E-state index contributed by atoms with van der Waals surface area (Å²) >= 11 is 0. The number of hydrogen-bond donors (Lipinski definition) is 2. The van der Waals surface area contributed by atoms with Crippen LogP contribution in [-0.4, -0.2) is 4.98 Å². The molecule has 2 nitrogen and oxygen atoms in total. The van der Waals surface area contributed by atoms with Crippen LogP contribution >= 0.6 is 0 Å². The number of rotatable bonds is 1. The van der Waals surface area contributed by atoms with E-state index >= 15 is 0 Å². The quantitative estimate of drug-likeness (QED) is 0.724. The number of H-pyrrole nitrogens is 1. The molecule has 0 saturated heterocycles. The zero-order valence-corrected chi connectivity index (χ0v) is 8.53. The van der Waals surface area contributed by atoms with Gasteiger partial charge in [-0.15, -0.1) is 0 Å². The summed E-state index contributed by atoms with van der Waals surface area (Å²) in [4.78, 5) is 3.28. The Kier molecular flexibility index (Phi) is 1.98. The zero-order valence-electron chi connectivity index (χ0n) is 8.53. The molecule has 0 spiro atoms. The molecule has 15 heavy (non-hydrogen) atoms. The third-order valence-electron chi connectivity index (χ3n) is 3.05. The van der Waals surface area contributed by atoms with E-state index in [1.54, 1.807) is 0 Å². The first-order valence-electron chi connectivity index (χ1n) is 5.41. The highest BCUT2D eigenvalue weighted by molar-refractivity contribution is 5.54. The van der Waals surface area contributed by atoms with Crippen LogP contribution in [0.25, 0.3) is 0 Å². The lowest BCUT2D eigenvalue weighted by Crippen LogP contribution is -2.18. The van der Waals surface area contributed by atoms with Crippen molar-refractivity contribution in [3.05, 3.63) is 53.9 Å². The van der Waals surface area contributed by atoms with Crippen LogP contribution in [0.3, 0.4) is 0 Å². The number of fused-ring (bicyclic) bond motifs is 1. The minimum absolute atomic E-state index is 0.440. The topological polar surface area (TPSA) is 27.8 Å². The summed E-state index contributed by atoms with van der Waals surface area (Å²) in [5, 5.41) is 3.57. The lowest BCUT2D eigenvalue weighted by molar-refractivity contribution is 0.654. The summed E-state index contributed by atoms with van der Waals surface area (Å²) in [5.41, 5.74) is 3.99. The first-order valence-corrected chi connectivity index (χ1v) is 5.41. The Bertz CT molecular complexity index is 445. The van der Waals surface area contributed by atoms with Crippen molar-refractivity contribution in [2.45, 2.75) is 18.9 Å². The predicted molar refractivity (Wildman–Crippen MR) is 61.9 cm³/mol. The lowest BCUT2D eigenvalue weighted by atomic mass is 9.96. The van der Waals surface area contributed by atoms with E-state index in [1.165, 1.54) is 16.9 Å². The van der Waals surface area contributed by atoms with Crippen LogP contribution in [0, 0.1) is 0 Å². The average molecular weight is 198 g/mol. The minimum atomic E-state index is 0.440. The molecule has 2 heteroatoms. The van der Waals surface area contributed by atoms with Crippen molar-refractivity contribution < 1.29 is 0 Å². The van der Waals surface area contributed by atoms with Crippen LogP contribution in [0.15, 0.2) is 42.6 Å². The van der Waals surface area contributed by atoms with Gasteiger partial charge in [-0.3, -0.25) is 0 Å². The molecule has 76 valence electrons. The van der Waals surface area contributed by atoms with Gasteiger partial charge in [0.05, 0.1) is 6.04 Å². The molecular weight excluding hydrogens is 184 g/mol. The summed E-state index contributed by atoms with van der Waals surface area (Å²) in [6, 6.07) is 13.2. The van der Waals surface area contributed by atoms with E-state index in [1.807, 2.05) is 6.20 Å². The second kappa shape index (κ2) is 3.46. The van der Waals surface area contributed by atoms with Gasteiger partial charge in [-0.25, -0.2) is 0 Å². The van der Waals surface area contributed by atoms with Gasteiger partial charge in [0, 0.05) is 17.6 Å². The van der Waals surface area contributed by atoms with Gasteiger partial charge in [-0.05, 0) is 36.6 Å². The van der Waals surface area contributed by atoms with Crippen molar-refractivity contribution in [3.8, 4) is 0 Å². The number of hydrogen-bond acceptors (Lipinski definition) is 1. The standard InChI is InChI=1S/C13H14N2/c1-2-5-11-10(4-1)7-8-13(15-11)12-6-3-9-14-12/h1-6,9,13-15H,7-8H2. The first-order chi connectivity index (χ1) is 7.43. The van der Waals surface area contributed by atoms with Crippen LogP contribution in [-0.2, 0) is 6.42 Å². The highest BCUT2D eigenvalue weighted by atomic mass is 15.0. The van der Waals surface area contributed by atoms with Gasteiger partial charge in [0.1, 0.15) is 0 Å². The van der Waals surface area contributed by atoms with Crippen molar-refractivity contribution in [2.24, 2.45) is 0 Å². The van der Waals surface area contributed by atoms with Crippen LogP contribution in [0.5, 0.6) is 0 Å². The highest BCUT2D eigenvalue weighted by Crippen LogP contribution is 2.31. The smallest absolute Gasteiger partial charge is 0.0666 e. The Labute approximate surface area is 89.3 Å². The van der Waals surface area contributed by atoms with E-state index in [2.05, 4.69) is 46.7 Å². The van der Waals surface area contributed by atoms with Gasteiger partial charge in [0.2, 0.25) is 0 Å². The number of anilines is 1. The normalized spacial score (nSPS) is 19.3. The molecule has 2 heterocycles. The number of aryl methyl sites for hydroxylation is 1. The number of aromatic nitrogens is 1. The number of benzene rings is 1. The molecule has 3 rings (SSSR count). The van der Waals surface area contributed by atoms with Crippen molar-refractivity contribution >= 4 is 5.69 Å². The van der Waals surface area contributed by atoms with Crippen molar-refractivity contribution in [1.82, 2.24) is 4.98 Å². The molecule has 2 aromatic rings. The summed E-state index contributed by atoms with van der Waals surface area (Å²) in [7, 11) is 0. The molecular formula is C13H14N2. The molecule has 0 aliphatic carbocycles. The fraction of sp³-hybridized carbons (Fsp3) is 0.231. The lowest BCUT2D eigenvalue weighted by Gasteiger charge is -2.26. The molecule has 1 aliphatic heterocycles. The molecule has 1 aliphatic rings. The van der Waals surface area contributed by atoms with Crippen molar-refractivity contribution in [3.63, 3.8) is 0 Å². The fourth-order valence-corrected chi connectivity index (χ4v) is 2.23. The molecule has 0 fully saturated rings. The Balaban J connectivity index is 1.89. The second-order valence-corrected chi connectivity index (χ2v) is 4.02. The summed E-state index contributed by atoms with van der Waals surface area (Å²) in [6.45, 7) is 0. The zero-order chi connectivity index (χ0) is 10.1. The van der Waals surface area contributed by atoms with Crippen LogP contribution < -0.4 is 5.32 Å². The summed E-state index contributed by atoms with van der Waals surface area (Å²) in [5.74, 6) is 0. The molecule has 0 amide bonds. The van der Waals surface area contributed by atoms with E-state index < -0.39 is 0 Å². The maximum Gasteiger partial charge on any atom is 0.0666 e. The molecule has 1 aromatic carbocycles. The van der Waals surface area contributed by atoms with E-state index in [9.17, 15) is 0 Å². The summed E-state index contributed by atoms with van der Waals surface area (Å²) in [6.07, 6.45) is 4.31. The Morgan fingerprint density at radius 2 is 2.00 bits per heavy atom. The van der Waals surface area contributed by atoms with Gasteiger partial charge in [-0.2, -0.15) is 0 Å². The first kappa shape index (κ1) is 8.60. The largest absolute Gasteiger partial charge is 0.377 e. The third kappa shape index (κ3) is 1.52.